The van der Waals surface area contributed by atoms with Crippen LogP contribution in [0.25, 0.3) is 11.3 Å². The van der Waals surface area contributed by atoms with Crippen LogP contribution in [0.1, 0.15) is 32.0 Å². The molecular weight excluding hydrogens is 359 g/mol. The minimum Gasteiger partial charge on any atom is -0.384 e. The summed E-state index contributed by atoms with van der Waals surface area (Å²) < 4.78 is 46.0. The second-order valence-electron chi connectivity index (χ2n) is 7.44. The smallest absolute Gasteiger partial charge is 0.384 e. The van der Waals surface area contributed by atoms with Crippen LogP contribution in [0.4, 0.5) is 24.9 Å². The number of nitrogens with zero attached hydrogens (tertiary/aromatic N) is 4. The first-order chi connectivity index (χ1) is 12.6. The van der Waals surface area contributed by atoms with Gasteiger partial charge in [0, 0.05) is 30.3 Å². The van der Waals surface area contributed by atoms with E-state index in [1.54, 1.807) is 6.07 Å². The van der Waals surface area contributed by atoms with E-state index in [4.69, 9.17) is 10.5 Å². The number of hydrogen-bond donors (Lipinski definition) is 1. The average Bonchev–Trinajstić information content (AvgIpc) is 2.60. The Morgan fingerprint density at radius 3 is 2.33 bits per heavy atom. The lowest BCUT2D eigenvalue weighted by Crippen LogP contribution is -2.37. The molecule has 1 fully saturated rings. The molecule has 146 valence electrons. The van der Waals surface area contributed by atoms with Gasteiger partial charge >= 0.3 is 6.18 Å². The van der Waals surface area contributed by atoms with Gasteiger partial charge in [-0.2, -0.15) is 13.2 Å². The Morgan fingerprint density at radius 1 is 1.07 bits per heavy atom. The van der Waals surface area contributed by atoms with Gasteiger partial charge in [-0.3, -0.25) is 0 Å². The number of nitrogen functional groups attached to an aromatic ring is 1. The van der Waals surface area contributed by atoms with E-state index in [0.717, 1.165) is 12.3 Å². The van der Waals surface area contributed by atoms with E-state index in [1.807, 2.05) is 25.7 Å². The van der Waals surface area contributed by atoms with Crippen LogP contribution < -0.4 is 10.6 Å². The van der Waals surface area contributed by atoms with E-state index in [2.05, 4.69) is 15.0 Å². The fraction of sp³-hybridized carbons (Fsp3) is 0.500. The summed E-state index contributed by atoms with van der Waals surface area (Å²) in [6.07, 6.45) is -3.45. The zero-order chi connectivity index (χ0) is 19.8. The molecule has 0 aliphatic carbocycles. The summed E-state index contributed by atoms with van der Waals surface area (Å²) >= 11 is 0. The van der Waals surface area contributed by atoms with Crippen LogP contribution >= 0.6 is 0 Å². The number of nitrogens with two attached hydrogens (primary N) is 1. The van der Waals surface area contributed by atoms with Crippen molar-refractivity contribution in [3.63, 3.8) is 0 Å². The lowest BCUT2D eigenvalue weighted by molar-refractivity contribution is -0.137. The molecule has 0 atom stereocenters. The number of anilines is 2. The molecule has 1 aliphatic rings. The summed E-state index contributed by atoms with van der Waals surface area (Å²) in [6, 6.07) is 2.43. The van der Waals surface area contributed by atoms with Gasteiger partial charge in [0.25, 0.3) is 0 Å². The van der Waals surface area contributed by atoms with Crippen LogP contribution in [0.15, 0.2) is 18.3 Å². The molecule has 0 saturated carbocycles. The van der Waals surface area contributed by atoms with Gasteiger partial charge in [-0.05, 0) is 12.1 Å². The normalized spacial score (nSPS) is 15.9. The van der Waals surface area contributed by atoms with Crippen molar-refractivity contribution in [3.05, 3.63) is 29.6 Å². The van der Waals surface area contributed by atoms with E-state index >= 15 is 0 Å². The number of alkyl halides is 3. The highest BCUT2D eigenvalue weighted by molar-refractivity contribution is 5.67. The molecule has 2 aromatic heterocycles. The Hall–Kier alpha value is -2.42. The molecule has 0 radical (unpaired) electrons. The van der Waals surface area contributed by atoms with Crippen LogP contribution in [0.3, 0.4) is 0 Å². The number of halogens is 3. The molecule has 3 rings (SSSR count). The summed E-state index contributed by atoms with van der Waals surface area (Å²) in [5.74, 6) is 0.204. The topological polar surface area (TPSA) is 77.2 Å². The van der Waals surface area contributed by atoms with E-state index in [9.17, 15) is 13.2 Å². The highest BCUT2D eigenvalue weighted by Crippen LogP contribution is 2.38. The Labute approximate surface area is 155 Å². The maximum Gasteiger partial charge on any atom is 0.417 e. The van der Waals surface area contributed by atoms with Crippen LogP contribution in [0, 0.1) is 0 Å². The van der Waals surface area contributed by atoms with E-state index in [-0.39, 0.29) is 22.5 Å². The molecule has 0 bridgehead atoms. The van der Waals surface area contributed by atoms with Crippen molar-refractivity contribution in [2.45, 2.75) is 32.4 Å². The van der Waals surface area contributed by atoms with Crippen molar-refractivity contribution in [1.82, 2.24) is 15.0 Å². The fourth-order valence-electron chi connectivity index (χ4n) is 2.77. The number of hydrogen-bond acceptors (Lipinski definition) is 6. The third-order valence-corrected chi connectivity index (χ3v) is 4.28. The highest BCUT2D eigenvalue weighted by atomic mass is 19.4. The summed E-state index contributed by atoms with van der Waals surface area (Å²) in [4.78, 5) is 14.8. The van der Waals surface area contributed by atoms with Crippen molar-refractivity contribution < 1.29 is 17.9 Å². The second kappa shape index (κ2) is 6.95. The Morgan fingerprint density at radius 2 is 1.74 bits per heavy atom. The molecule has 0 amide bonds. The number of ether oxygens (including phenoxy) is 1. The lowest BCUT2D eigenvalue weighted by Gasteiger charge is -2.29. The standard InChI is InChI=1S/C18H22F3N5O/c1-17(2,3)14-9-13(24-16(25-14)26-4-6-27-7-5-26)11-10-23-15(22)8-12(11)18(19,20)21/h8-10H,4-7H2,1-3H3,(H2,22,23). The quantitative estimate of drug-likeness (QED) is 0.860. The first-order valence-electron chi connectivity index (χ1n) is 8.61. The number of rotatable bonds is 2. The molecule has 0 spiro atoms. The van der Waals surface area contributed by atoms with Crippen LogP contribution in [-0.4, -0.2) is 41.3 Å². The molecule has 0 aromatic carbocycles. The minimum absolute atomic E-state index is 0.112. The molecule has 2 aromatic rings. The first-order valence-corrected chi connectivity index (χ1v) is 8.61. The predicted molar refractivity (Wildman–Crippen MR) is 96.4 cm³/mol. The Bertz CT molecular complexity index is 827. The monoisotopic (exact) mass is 381 g/mol. The van der Waals surface area contributed by atoms with Crippen molar-refractivity contribution >= 4 is 11.8 Å². The maximum atomic E-state index is 13.6. The second-order valence-corrected chi connectivity index (χ2v) is 7.44. The largest absolute Gasteiger partial charge is 0.417 e. The molecular formula is C18H22F3N5O. The zero-order valence-corrected chi connectivity index (χ0v) is 15.5. The van der Waals surface area contributed by atoms with E-state index in [0.29, 0.717) is 37.9 Å². The predicted octanol–water partition coefficient (Wildman–Crippen LogP) is 3.27. The lowest BCUT2D eigenvalue weighted by atomic mass is 9.90. The SMILES string of the molecule is CC(C)(C)c1cc(-c2cnc(N)cc2C(F)(F)F)nc(N2CCOCC2)n1. The van der Waals surface area contributed by atoms with Gasteiger partial charge in [0.1, 0.15) is 5.82 Å². The van der Waals surface area contributed by atoms with Gasteiger partial charge in [-0.25, -0.2) is 15.0 Å². The van der Waals surface area contributed by atoms with Gasteiger partial charge in [-0.15, -0.1) is 0 Å². The van der Waals surface area contributed by atoms with Crippen molar-refractivity contribution in [2.75, 3.05) is 36.9 Å². The van der Waals surface area contributed by atoms with Gasteiger partial charge in [-0.1, -0.05) is 20.8 Å². The molecule has 3 heterocycles. The number of morpholine rings is 1. The van der Waals surface area contributed by atoms with Crippen molar-refractivity contribution in [2.24, 2.45) is 0 Å². The summed E-state index contributed by atoms with van der Waals surface area (Å²) in [6.45, 7) is 8.07. The van der Waals surface area contributed by atoms with Crippen molar-refractivity contribution in [1.29, 1.82) is 0 Å². The van der Waals surface area contributed by atoms with Crippen LogP contribution in [-0.2, 0) is 16.3 Å². The molecule has 1 aliphatic heterocycles. The fourth-order valence-corrected chi connectivity index (χ4v) is 2.77. The average molecular weight is 381 g/mol. The molecule has 6 nitrogen and oxygen atoms in total. The van der Waals surface area contributed by atoms with E-state index in [1.165, 1.54) is 0 Å². The van der Waals surface area contributed by atoms with Crippen molar-refractivity contribution in [3.8, 4) is 11.3 Å². The van der Waals surface area contributed by atoms with Crippen LogP contribution in [0.2, 0.25) is 0 Å². The minimum atomic E-state index is -4.57. The van der Waals surface area contributed by atoms with Gasteiger partial charge in [0.15, 0.2) is 0 Å². The van der Waals surface area contributed by atoms with Gasteiger partial charge < -0.3 is 15.4 Å². The molecule has 27 heavy (non-hydrogen) atoms. The highest BCUT2D eigenvalue weighted by Gasteiger charge is 2.35. The van der Waals surface area contributed by atoms with Crippen LogP contribution in [0.5, 0.6) is 0 Å². The molecule has 1 saturated heterocycles. The number of pyridine rings is 1. The summed E-state index contributed by atoms with van der Waals surface area (Å²) in [5.41, 5.74) is 4.98. The molecule has 9 heteroatoms. The summed E-state index contributed by atoms with van der Waals surface area (Å²) in [7, 11) is 0. The number of aromatic nitrogens is 3. The molecule has 2 N–H and O–H groups in total. The Balaban J connectivity index is 2.18. The third-order valence-electron chi connectivity index (χ3n) is 4.28. The molecule has 0 unspecified atom stereocenters. The Kier molecular flexibility index (Phi) is 4.98. The van der Waals surface area contributed by atoms with Gasteiger partial charge in [0.05, 0.1) is 30.2 Å². The first kappa shape index (κ1) is 19.3. The van der Waals surface area contributed by atoms with E-state index < -0.39 is 11.7 Å². The maximum absolute atomic E-state index is 13.6. The van der Waals surface area contributed by atoms with Gasteiger partial charge in [0.2, 0.25) is 5.95 Å². The zero-order valence-electron chi connectivity index (χ0n) is 15.5. The third kappa shape index (κ3) is 4.29. The summed E-state index contributed by atoms with van der Waals surface area (Å²) in [5, 5.41) is 0.